The summed E-state index contributed by atoms with van der Waals surface area (Å²) in [6.45, 7) is 6.28. The first-order valence-electron chi connectivity index (χ1n) is 5.99. The van der Waals surface area contributed by atoms with Crippen LogP contribution < -0.4 is 0 Å². The Morgan fingerprint density at radius 2 is 2.16 bits per heavy atom. The zero-order valence-corrected chi connectivity index (χ0v) is 11.8. The van der Waals surface area contributed by atoms with Crippen LogP contribution >= 0.6 is 0 Å². The van der Waals surface area contributed by atoms with Crippen molar-refractivity contribution in [3.8, 4) is 0 Å². The summed E-state index contributed by atoms with van der Waals surface area (Å²) >= 11 is 0. The molecule has 0 aliphatic heterocycles. The first-order chi connectivity index (χ1) is 9.01. The highest BCUT2D eigenvalue weighted by Gasteiger charge is 2.10. The average molecular weight is 270 g/mol. The van der Waals surface area contributed by atoms with Crippen LogP contribution in [0.2, 0.25) is 0 Å². The van der Waals surface area contributed by atoms with Crippen molar-refractivity contribution in [3.63, 3.8) is 0 Å². The highest BCUT2D eigenvalue weighted by Crippen LogP contribution is 1.97. The van der Waals surface area contributed by atoms with Crippen LogP contribution in [-0.4, -0.2) is 64.0 Å². The molecule has 0 N–H and O–H groups in total. The number of rotatable bonds is 10. The smallest absolute Gasteiger partial charge is 0.333 e. The molecule has 0 amide bonds. The van der Waals surface area contributed by atoms with Crippen LogP contribution in [0.1, 0.15) is 6.92 Å². The van der Waals surface area contributed by atoms with E-state index in [9.17, 15) is 9.59 Å². The summed E-state index contributed by atoms with van der Waals surface area (Å²) in [7, 11) is 3.50. The van der Waals surface area contributed by atoms with Crippen molar-refractivity contribution < 1.29 is 19.1 Å². The van der Waals surface area contributed by atoms with Crippen molar-refractivity contribution in [3.05, 3.63) is 12.2 Å². The maximum Gasteiger partial charge on any atom is 0.333 e. The molecular formula is C13H22N2O4. The molecular weight excluding hydrogens is 248 g/mol. The zero-order valence-electron chi connectivity index (χ0n) is 11.8. The predicted octanol–water partition coefficient (Wildman–Crippen LogP) is 0.527. The summed E-state index contributed by atoms with van der Waals surface area (Å²) in [6, 6.07) is 0. The molecule has 1 unspecified atom stereocenters. The van der Waals surface area contributed by atoms with Gasteiger partial charge in [0.25, 0.3) is 0 Å². The largest absolute Gasteiger partial charge is 0.460 e. The molecule has 0 heterocycles. The van der Waals surface area contributed by atoms with Crippen LogP contribution in [0.25, 0.3) is 0 Å². The van der Waals surface area contributed by atoms with Gasteiger partial charge < -0.3 is 19.2 Å². The normalized spacial score (nSPS) is 12.2. The second-order valence-electron chi connectivity index (χ2n) is 4.20. The summed E-state index contributed by atoms with van der Waals surface area (Å²) in [4.78, 5) is 27.6. The minimum atomic E-state index is -0.436. The monoisotopic (exact) mass is 270 g/mol. The lowest BCUT2D eigenvalue weighted by atomic mass is 10.2. The summed E-state index contributed by atoms with van der Waals surface area (Å²) < 4.78 is 10.1. The average Bonchev–Trinajstić information content (AvgIpc) is 2.36. The third kappa shape index (κ3) is 8.96. The second kappa shape index (κ2) is 10.3. The van der Waals surface area contributed by atoms with Gasteiger partial charge in [0.05, 0.1) is 25.5 Å². The molecule has 0 spiro atoms. The minimum absolute atomic E-state index is 0.156. The number of esters is 1. The van der Waals surface area contributed by atoms with E-state index in [1.165, 1.54) is 0 Å². The highest BCUT2D eigenvalue weighted by molar-refractivity contribution is 5.86. The van der Waals surface area contributed by atoms with Gasteiger partial charge in [-0.25, -0.2) is 4.79 Å². The molecule has 19 heavy (non-hydrogen) atoms. The molecule has 0 saturated carbocycles. The first-order valence-corrected chi connectivity index (χ1v) is 5.99. The van der Waals surface area contributed by atoms with E-state index in [0.29, 0.717) is 12.1 Å². The van der Waals surface area contributed by atoms with Gasteiger partial charge >= 0.3 is 5.97 Å². The Balaban J connectivity index is 3.75. The van der Waals surface area contributed by atoms with Crippen molar-refractivity contribution in [2.24, 2.45) is 10.9 Å². The maximum atomic E-state index is 11.1. The van der Waals surface area contributed by atoms with Crippen LogP contribution in [0.5, 0.6) is 0 Å². The van der Waals surface area contributed by atoms with E-state index in [1.807, 2.05) is 11.9 Å². The lowest BCUT2D eigenvalue weighted by Gasteiger charge is -2.17. The van der Waals surface area contributed by atoms with E-state index in [-0.39, 0.29) is 25.7 Å². The Morgan fingerprint density at radius 1 is 1.47 bits per heavy atom. The van der Waals surface area contributed by atoms with E-state index in [0.717, 1.165) is 6.29 Å². The maximum absolute atomic E-state index is 11.1. The number of hydrogen-bond acceptors (Lipinski definition) is 5. The fraction of sp³-hybridized carbons (Fsp3) is 0.615. The lowest BCUT2D eigenvalue weighted by molar-refractivity contribution is -0.140. The summed E-state index contributed by atoms with van der Waals surface area (Å²) in [5.41, 5.74) is 0.353. The fourth-order valence-corrected chi connectivity index (χ4v) is 1.30. The Morgan fingerprint density at radius 3 is 2.68 bits per heavy atom. The van der Waals surface area contributed by atoms with Crippen molar-refractivity contribution in [1.82, 2.24) is 4.90 Å². The third-order valence-corrected chi connectivity index (χ3v) is 2.17. The van der Waals surface area contributed by atoms with E-state index in [1.54, 1.807) is 20.3 Å². The van der Waals surface area contributed by atoms with Crippen LogP contribution in [0.3, 0.4) is 0 Å². The second-order valence-corrected chi connectivity index (χ2v) is 4.20. The highest BCUT2D eigenvalue weighted by atomic mass is 16.6. The zero-order chi connectivity index (χ0) is 14.7. The Hall–Kier alpha value is -1.69. The van der Waals surface area contributed by atoms with E-state index >= 15 is 0 Å². The summed E-state index contributed by atoms with van der Waals surface area (Å²) in [6.07, 6.45) is 2.49. The number of aldehydes is 1. The molecule has 0 aliphatic carbocycles. The minimum Gasteiger partial charge on any atom is -0.460 e. The van der Waals surface area contributed by atoms with Gasteiger partial charge in [-0.05, 0) is 6.92 Å². The first kappa shape index (κ1) is 17.3. The Kier molecular flexibility index (Phi) is 9.34. The van der Waals surface area contributed by atoms with Crippen molar-refractivity contribution in [1.29, 1.82) is 0 Å². The molecule has 108 valence electrons. The molecule has 0 aromatic rings. The number of carbonyl (C=O) groups excluding carboxylic acids is 2. The van der Waals surface area contributed by atoms with Crippen molar-refractivity contribution >= 4 is 18.6 Å². The molecule has 0 aromatic carbocycles. The SMILES string of the molecule is C=C(C)C(=O)OCCOCC(C=O)CN(C)C=NC. The Labute approximate surface area is 114 Å². The van der Waals surface area contributed by atoms with Crippen LogP contribution in [-0.2, 0) is 19.1 Å². The molecule has 6 nitrogen and oxygen atoms in total. The van der Waals surface area contributed by atoms with Crippen LogP contribution in [0.15, 0.2) is 17.1 Å². The van der Waals surface area contributed by atoms with Gasteiger partial charge in [0.15, 0.2) is 0 Å². The number of aliphatic imine (C=N–C) groups is 1. The molecule has 0 fully saturated rings. The van der Waals surface area contributed by atoms with Gasteiger partial charge in [0, 0.05) is 26.2 Å². The fourth-order valence-electron chi connectivity index (χ4n) is 1.30. The molecule has 0 rings (SSSR count). The topological polar surface area (TPSA) is 68.2 Å². The van der Waals surface area contributed by atoms with Crippen LogP contribution in [0.4, 0.5) is 0 Å². The molecule has 6 heteroatoms. The van der Waals surface area contributed by atoms with Gasteiger partial charge in [-0.3, -0.25) is 4.99 Å². The van der Waals surface area contributed by atoms with Gasteiger partial charge in [-0.15, -0.1) is 0 Å². The third-order valence-electron chi connectivity index (χ3n) is 2.17. The number of ether oxygens (including phenoxy) is 2. The quantitative estimate of drug-likeness (QED) is 0.145. The number of hydrogen-bond donors (Lipinski definition) is 0. The molecule has 0 radical (unpaired) electrons. The molecule has 0 aromatic heterocycles. The van der Waals surface area contributed by atoms with E-state index in [2.05, 4.69) is 11.6 Å². The van der Waals surface area contributed by atoms with Gasteiger partial charge in [-0.1, -0.05) is 6.58 Å². The van der Waals surface area contributed by atoms with Crippen LogP contribution in [0, 0.1) is 5.92 Å². The van der Waals surface area contributed by atoms with Crippen molar-refractivity contribution in [2.75, 3.05) is 40.5 Å². The van der Waals surface area contributed by atoms with E-state index < -0.39 is 5.97 Å². The predicted molar refractivity (Wildman–Crippen MR) is 73.2 cm³/mol. The van der Waals surface area contributed by atoms with Gasteiger partial charge in [-0.2, -0.15) is 0 Å². The summed E-state index contributed by atoms with van der Waals surface area (Å²) in [5, 5.41) is 0. The number of carbonyl (C=O) groups is 2. The molecule has 0 saturated heterocycles. The summed E-state index contributed by atoms with van der Waals surface area (Å²) in [5.74, 6) is -0.672. The van der Waals surface area contributed by atoms with E-state index in [4.69, 9.17) is 9.47 Å². The number of nitrogens with zero attached hydrogens (tertiary/aromatic N) is 2. The standard InChI is InChI=1S/C13H22N2O4/c1-11(2)13(17)19-6-5-18-9-12(8-16)7-15(4)10-14-3/h8,10,12H,1,5-7,9H2,2-4H3. The molecule has 0 bridgehead atoms. The lowest BCUT2D eigenvalue weighted by Crippen LogP contribution is -2.28. The Bertz CT molecular complexity index is 329. The molecule has 0 aliphatic rings. The van der Waals surface area contributed by atoms with Gasteiger partial charge in [0.1, 0.15) is 12.9 Å². The van der Waals surface area contributed by atoms with Gasteiger partial charge in [0.2, 0.25) is 0 Å². The van der Waals surface area contributed by atoms with Crippen molar-refractivity contribution in [2.45, 2.75) is 6.92 Å². The molecule has 1 atom stereocenters.